The highest BCUT2D eigenvalue weighted by Crippen LogP contribution is 2.50. The molecule has 4 aromatic carbocycles. The first kappa shape index (κ1) is 77.4. The Hall–Kier alpha value is -4.72. The maximum Gasteiger partial charge on any atom is 0.162 e. The van der Waals surface area contributed by atoms with E-state index in [-0.39, 0.29) is 35.1 Å². The molecule has 0 unspecified atom stereocenters. The standard InChI is InChI=1S/C24H34F2.C23H32F2.C22H30F2.C21H28F2.8H2/c1-3-4-5-6-18-8-10-19(11-9-18)20-12-14-21(15-13-20)22-16-7-17(2)23(25)24(22)26;1-3-4-5-17-7-9-18(10-8-17)19-11-13-20(14-12-19)21-15-6-16(2)22(24)23(21)25;1-3-4-16-6-8-17(9-7-16)18-10-12-19(13-11-18)20-14-5-15(2)21(23)22(20)24;1-3-15-5-7-16(8-6-15)17-9-11-18(12-10-17)19-13-4-14(2)20(22)21(19)23;;;;;;;;/h3-4,7,16,18-21H,5-6,8-15H2,1-2H3;3,6,15,17-20H,1,4-5,7-14H2,2H3;3-5,14,16-19H,6-13H2,1-2H3;3-4,13,15-18H,1,5-12H2,2H3;8*1H/b4-3+;;4-3+;;;;;;;;;. The van der Waals surface area contributed by atoms with E-state index in [9.17, 15) is 35.1 Å². The number of benzene rings is 4. The monoisotopic (exact) mass is 1370 g/mol. The molecule has 0 saturated heterocycles. The minimum Gasteiger partial charge on any atom is -0.203 e. The van der Waals surface area contributed by atoms with Crippen molar-refractivity contribution < 1.29 is 46.5 Å². The fourth-order valence-electron chi connectivity index (χ4n) is 20.2. The third kappa shape index (κ3) is 20.8. The van der Waals surface area contributed by atoms with Crippen molar-refractivity contribution in [2.45, 2.75) is 296 Å². The second-order valence-corrected chi connectivity index (χ2v) is 32.5. The van der Waals surface area contributed by atoms with Crippen molar-refractivity contribution in [2.75, 3.05) is 0 Å². The van der Waals surface area contributed by atoms with Crippen LogP contribution in [0.4, 0.5) is 35.1 Å². The van der Waals surface area contributed by atoms with E-state index in [1.54, 1.807) is 64.1 Å². The number of hydrogen-bond donors (Lipinski definition) is 0. The molecule has 0 amide bonds. The Bertz CT molecular complexity index is 3180. The molecule has 8 saturated carbocycles. The summed E-state index contributed by atoms with van der Waals surface area (Å²) in [5.41, 5.74) is 4.04. The number of hydrogen-bond acceptors (Lipinski definition) is 0. The zero-order valence-electron chi connectivity index (χ0n) is 61.2. The molecule has 0 radical (unpaired) electrons. The predicted molar refractivity (Wildman–Crippen MR) is 410 cm³/mol. The summed E-state index contributed by atoms with van der Waals surface area (Å²) in [6.07, 6.45) is 57.3. The van der Waals surface area contributed by atoms with Crippen LogP contribution in [0, 0.1) is 145 Å². The lowest BCUT2D eigenvalue weighted by Gasteiger charge is -2.38. The van der Waals surface area contributed by atoms with Crippen LogP contribution >= 0.6 is 0 Å². The summed E-state index contributed by atoms with van der Waals surface area (Å²) in [7, 11) is 0. The van der Waals surface area contributed by atoms with Gasteiger partial charge in [0.15, 0.2) is 46.5 Å². The van der Waals surface area contributed by atoms with E-state index in [2.05, 4.69) is 57.4 Å². The van der Waals surface area contributed by atoms with E-state index >= 15 is 0 Å². The van der Waals surface area contributed by atoms with Gasteiger partial charge in [0.1, 0.15) is 0 Å². The SMILES string of the molecule is C/C=C/C1CCC(C2CCC(c3ccc(C)c(F)c3F)CC2)CC1.C/C=C/CCC1CCC(C2CCC(c3ccc(C)c(F)c3F)CC2)CC1.C=CC1CCC(C2CCC(c3ccc(C)c(F)c3F)CC2)CC1.C=CCCC1CCC(C2CCC(c3ccc(C)c(F)c3F)CC2)CC1.[HH].[HH].[HH].[HH].[HH].[HH].[HH].[HH]. The molecule has 8 aliphatic carbocycles. The van der Waals surface area contributed by atoms with Gasteiger partial charge in [-0.2, -0.15) is 0 Å². The third-order valence-corrected chi connectivity index (χ3v) is 26.7. The summed E-state index contributed by atoms with van der Waals surface area (Å²) in [4.78, 5) is 0. The average Bonchev–Trinajstić information content (AvgIpc) is 0.825. The molecule has 0 nitrogen and oxygen atoms in total. The Morgan fingerprint density at radius 1 is 0.306 bits per heavy atom. The molecule has 0 aromatic heterocycles. The van der Waals surface area contributed by atoms with Crippen LogP contribution in [-0.2, 0) is 0 Å². The van der Waals surface area contributed by atoms with Gasteiger partial charge in [-0.05, 0) is 386 Å². The van der Waals surface area contributed by atoms with E-state index in [1.165, 1.54) is 173 Å². The first-order chi connectivity index (χ1) is 47.4. The Morgan fingerprint density at radius 2 is 0.551 bits per heavy atom. The van der Waals surface area contributed by atoms with Crippen molar-refractivity contribution >= 4 is 0 Å². The lowest BCUT2D eigenvalue weighted by molar-refractivity contribution is 0.156. The molecule has 4 aromatic rings. The first-order valence-electron chi connectivity index (χ1n) is 39.6. The number of halogens is 8. The fraction of sp³-hybridized carbons (Fsp3) is 0.644. The zero-order valence-corrected chi connectivity index (χ0v) is 61.2. The molecule has 8 heteroatoms. The highest BCUT2D eigenvalue weighted by atomic mass is 19.2. The predicted octanol–water partition coefficient (Wildman–Crippen LogP) is 30.5. The zero-order chi connectivity index (χ0) is 69.8. The molecule has 556 valence electrons. The van der Waals surface area contributed by atoms with Gasteiger partial charge in [0, 0.05) is 11.4 Å². The lowest BCUT2D eigenvalue weighted by atomic mass is 9.68. The van der Waals surface area contributed by atoms with Crippen molar-refractivity contribution in [3.05, 3.63) is 189 Å². The minimum atomic E-state index is -0.660. The number of rotatable bonds is 16. The topological polar surface area (TPSA) is 0 Å². The van der Waals surface area contributed by atoms with Crippen LogP contribution in [-0.4, -0.2) is 0 Å². The second kappa shape index (κ2) is 38.5. The Kier molecular flexibility index (Phi) is 30.4. The van der Waals surface area contributed by atoms with Crippen LogP contribution in [0.15, 0.2) is 98.1 Å². The summed E-state index contributed by atoms with van der Waals surface area (Å²) in [5.74, 6) is 5.70. The Morgan fingerprint density at radius 3 is 0.796 bits per heavy atom. The van der Waals surface area contributed by atoms with Crippen LogP contribution in [0.5, 0.6) is 0 Å². The average molecular weight is 1370 g/mol. The Labute approximate surface area is 600 Å². The molecule has 0 atom stereocenters. The summed E-state index contributed by atoms with van der Waals surface area (Å²) >= 11 is 0. The molecule has 0 spiro atoms. The van der Waals surface area contributed by atoms with E-state index < -0.39 is 46.5 Å². The van der Waals surface area contributed by atoms with Gasteiger partial charge in [-0.1, -0.05) is 111 Å². The van der Waals surface area contributed by atoms with Crippen molar-refractivity contribution in [2.24, 2.45) is 71.0 Å². The van der Waals surface area contributed by atoms with Gasteiger partial charge in [0.05, 0.1) is 0 Å². The maximum atomic E-state index is 14.3. The minimum absolute atomic E-state index is 0. The maximum absolute atomic E-state index is 14.3. The molecule has 8 aliphatic rings. The van der Waals surface area contributed by atoms with Crippen molar-refractivity contribution in [1.82, 2.24) is 0 Å². The number of allylic oxidation sites excluding steroid dienone is 6. The second-order valence-electron chi connectivity index (χ2n) is 32.5. The van der Waals surface area contributed by atoms with Gasteiger partial charge < -0.3 is 0 Å². The summed E-state index contributed by atoms with van der Waals surface area (Å²) in [5, 5.41) is 0. The largest absolute Gasteiger partial charge is 0.203 e. The van der Waals surface area contributed by atoms with E-state index in [0.717, 1.165) is 123 Å². The third-order valence-electron chi connectivity index (χ3n) is 26.7. The van der Waals surface area contributed by atoms with Gasteiger partial charge >= 0.3 is 0 Å². The van der Waals surface area contributed by atoms with Gasteiger partial charge in [-0.3, -0.25) is 0 Å². The summed E-state index contributed by atoms with van der Waals surface area (Å²) < 4.78 is 112. The number of aryl methyl sites for hydroxylation is 4. The molecule has 8 fully saturated rings. The van der Waals surface area contributed by atoms with Crippen LogP contribution in [0.3, 0.4) is 0 Å². The molecule has 0 N–H and O–H groups in total. The van der Waals surface area contributed by atoms with E-state index in [4.69, 9.17) is 0 Å². The van der Waals surface area contributed by atoms with E-state index in [0.29, 0.717) is 50.4 Å². The summed E-state index contributed by atoms with van der Waals surface area (Å²) in [6.45, 7) is 18.5. The normalized spacial score (nSPS) is 30.8. The molecule has 12 rings (SSSR count). The molecule has 0 heterocycles. The van der Waals surface area contributed by atoms with Crippen molar-refractivity contribution in [3.63, 3.8) is 0 Å². The van der Waals surface area contributed by atoms with Crippen LogP contribution in [0.25, 0.3) is 0 Å². The molecule has 98 heavy (non-hydrogen) atoms. The van der Waals surface area contributed by atoms with Gasteiger partial charge in [0.2, 0.25) is 0 Å². The molecular weight excluding hydrogens is 1230 g/mol. The quantitative estimate of drug-likeness (QED) is 0.0775. The van der Waals surface area contributed by atoms with Crippen LogP contribution < -0.4 is 0 Å². The van der Waals surface area contributed by atoms with Gasteiger partial charge in [-0.15, -0.1) is 13.2 Å². The smallest absolute Gasteiger partial charge is 0.162 e. The van der Waals surface area contributed by atoms with Crippen LogP contribution in [0.1, 0.15) is 325 Å². The van der Waals surface area contributed by atoms with Gasteiger partial charge in [0.25, 0.3) is 0 Å². The Balaban J connectivity index is 0.000000690. The molecular formula is C90H140F8. The van der Waals surface area contributed by atoms with Crippen molar-refractivity contribution in [3.8, 4) is 0 Å². The van der Waals surface area contributed by atoms with E-state index in [1.807, 2.05) is 18.2 Å². The first-order valence-corrected chi connectivity index (χ1v) is 39.6. The fourth-order valence-corrected chi connectivity index (χ4v) is 20.2. The van der Waals surface area contributed by atoms with Crippen LogP contribution in [0.2, 0.25) is 0 Å². The molecule has 0 aliphatic heterocycles. The van der Waals surface area contributed by atoms with Crippen molar-refractivity contribution in [1.29, 1.82) is 0 Å². The summed E-state index contributed by atoms with van der Waals surface area (Å²) in [6, 6.07) is 14.1. The highest BCUT2D eigenvalue weighted by molar-refractivity contribution is 5.32. The molecule has 0 bridgehead atoms. The van der Waals surface area contributed by atoms with Gasteiger partial charge in [-0.25, -0.2) is 35.1 Å². The lowest BCUT2D eigenvalue weighted by Crippen LogP contribution is -2.25. The highest BCUT2D eigenvalue weighted by Gasteiger charge is 2.37.